The van der Waals surface area contributed by atoms with Crippen LogP contribution in [0.4, 0.5) is 4.39 Å². The molecule has 2 aromatic rings. The molecule has 0 aliphatic carbocycles. The predicted molar refractivity (Wildman–Crippen MR) is 153 cm³/mol. The number of aromatic nitrogens is 1. The molecule has 3 aliphatic heterocycles. The Balaban J connectivity index is 1.43. The van der Waals surface area contributed by atoms with Gasteiger partial charge in [-0.3, -0.25) is 24.9 Å². The number of rotatable bonds is 7. The number of benzene rings is 1. The Morgan fingerprint density at radius 1 is 1.17 bits per heavy atom. The maximum Gasteiger partial charge on any atom is 0.302 e. The van der Waals surface area contributed by atoms with E-state index in [1.54, 1.807) is 29.2 Å². The number of hydrogen-bond acceptors (Lipinski definition) is 11. The van der Waals surface area contributed by atoms with E-state index in [-0.39, 0.29) is 36.5 Å². The molecule has 1 aromatic carbocycles. The van der Waals surface area contributed by atoms with Gasteiger partial charge in [-0.05, 0) is 37.1 Å². The van der Waals surface area contributed by atoms with E-state index in [4.69, 9.17) is 25.0 Å². The summed E-state index contributed by atoms with van der Waals surface area (Å²) in [5.74, 6) is -0.163. The molecule has 2 unspecified atom stereocenters. The summed E-state index contributed by atoms with van der Waals surface area (Å²) in [5, 5.41) is 0. The van der Waals surface area contributed by atoms with E-state index >= 15 is 0 Å². The van der Waals surface area contributed by atoms with Crippen molar-refractivity contribution in [3.8, 4) is 17.1 Å². The third kappa shape index (κ3) is 6.25. The van der Waals surface area contributed by atoms with Crippen molar-refractivity contribution in [1.82, 2.24) is 15.4 Å². The van der Waals surface area contributed by atoms with Crippen LogP contribution in [0.3, 0.4) is 0 Å². The molecule has 0 bridgehead atoms. The Morgan fingerprint density at radius 2 is 1.98 bits per heavy atom. The molecule has 0 spiro atoms. The topological polar surface area (TPSA) is 153 Å². The Morgan fingerprint density at radius 3 is 2.71 bits per heavy atom. The molecule has 0 saturated carbocycles. The highest BCUT2D eigenvalue weighted by molar-refractivity contribution is 6.11. The lowest BCUT2D eigenvalue weighted by Gasteiger charge is -2.36. The van der Waals surface area contributed by atoms with Crippen molar-refractivity contribution >= 4 is 29.4 Å². The summed E-state index contributed by atoms with van der Waals surface area (Å²) in [6.07, 6.45) is 0.556. The van der Waals surface area contributed by atoms with Crippen LogP contribution in [0.5, 0.6) is 5.88 Å². The first-order valence-corrected chi connectivity index (χ1v) is 13.7. The Bertz CT molecular complexity index is 1460. The highest BCUT2D eigenvalue weighted by Gasteiger charge is 2.40. The molecule has 5 atom stereocenters. The number of carbonyl (C=O) groups excluding carboxylic acids is 2. The first kappa shape index (κ1) is 29.1. The van der Waals surface area contributed by atoms with E-state index < -0.39 is 23.9 Å². The molecular weight excluding hydrogens is 545 g/mol. The van der Waals surface area contributed by atoms with Gasteiger partial charge >= 0.3 is 5.97 Å². The van der Waals surface area contributed by atoms with Crippen LogP contribution in [0.15, 0.2) is 51.4 Å². The van der Waals surface area contributed by atoms with Crippen molar-refractivity contribution in [1.29, 1.82) is 0 Å². The quantitative estimate of drug-likeness (QED) is 0.375. The second-order valence-corrected chi connectivity index (χ2v) is 10.6. The third-order valence-electron chi connectivity index (χ3n) is 7.63. The predicted octanol–water partition coefficient (Wildman–Crippen LogP) is 2.59. The maximum atomic E-state index is 14.5. The average molecular weight is 580 g/mol. The lowest BCUT2D eigenvalue weighted by molar-refractivity contribution is -0.146. The summed E-state index contributed by atoms with van der Waals surface area (Å²) in [6, 6.07) is 8.81. The zero-order chi connectivity index (χ0) is 30.0. The number of hydrogen-bond donors (Lipinski definition) is 2. The van der Waals surface area contributed by atoms with Crippen molar-refractivity contribution in [3.63, 3.8) is 0 Å². The highest BCUT2D eigenvalue weighted by Crippen LogP contribution is 2.39. The average Bonchev–Trinajstić information content (AvgIpc) is 3.34. The summed E-state index contributed by atoms with van der Waals surface area (Å²) in [4.78, 5) is 49.7. The van der Waals surface area contributed by atoms with Gasteiger partial charge in [-0.25, -0.2) is 19.4 Å². The SMILES string of the molecule is COc1cccc(-c2cc(F)ccc2C2C[C@H]3N=C(N)N=C(C)C3C(NOC[C@@H]3C[C@@H](OC(C)=O)CN3C(C)=O)=N2)n1. The highest BCUT2D eigenvalue weighted by atomic mass is 19.1. The van der Waals surface area contributed by atoms with Crippen molar-refractivity contribution < 1.29 is 28.3 Å². The number of guanidine groups is 1. The first-order chi connectivity index (χ1) is 20.1. The molecule has 3 N–H and O–H groups in total. The van der Waals surface area contributed by atoms with Gasteiger partial charge in [-0.2, -0.15) is 0 Å². The molecule has 0 radical (unpaired) electrons. The van der Waals surface area contributed by atoms with Crippen LogP contribution in [0, 0.1) is 11.7 Å². The number of halogens is 1. The number of fused-ring (bicyclic) bond motifs is 1. The Labute approximate surface area is 242 Å². The van der Waals surface area contributed by atoms with E-state index in [0.717, 1.165) is 11.3 Å². The van der Waals surface area contributed by atoms with Gasteiger partial charge in [0.05, 0.1) is 50.0 Å². The van der Waals surface area contributed by atoms with Gasteiger partial charge < -0.3 is 20.1 Å². The zero-order valence-corrected chi connectivity index (χ0v) is 23.9. The zero-order valence-electron chi connectivity index (χ0n) is 23.9. The van der Waals surface area contributed by atoms with Gasteiger partial charge in [-0.15, -0.1) is 0 Å². The van der Waals surface area contributed by atoms with Crippen LogP contribution >= 0.6 is 0 Å². The molecular formula is C29H34FN7O5. The standard InChI is InChI=1S/C29H34FN7O5/c1-15-27-25(35-29(31)32-15)12-24(21-9-8-18(30)10-22(21)23-6-5-7-26(33-23)40-4)34-28(27)36-41-14-19-11-20(42-17(3)39)13-37(19)16(2)38/h5-10,19-20,24-25,27H,11-14H2,1-4H3,(H2,31,35)(H,34,36)/t19-,20+,24?,25+,27?/m0/s1. The van der Waals surface area contributed by atoms with Crippen LogP contribution in [0.2, 0.25) is 0 Å². The molecule has 4 heterocycles. The number of amidine groups is 1. The fourth-order valence-electron chi connectivity index (χ4n) is 5.86. The number of hydroxylamine groups is 1. The normalized spacial score (nSPS) is 25.1. The van der Waals surface area contributed by atoms with Crippen LogP contribution < -0.4 is 16.0 Å². The first-order valence-electron chi connectivity index (χ1n) is 13.7. The lowest BCUT2D eigenvalue weighted by Crippen LogP contribution is -2.48. The Hall–Kier alpha value is -4.39. The number of amides is 1. The summed E-state index contributed by atoms with van der Waals surface area (Å²) in [7, 11) is 1.52. The van der Waals surface area contributed by atoms with Gasteiger partial charge in [0.1, 0.15) is 17.8 Å². The number of esters is 1. The summed E-state index contributed by atoms with van der Waals surface area (Å²) >= 11 is 0. The minimum absolute atomic E-state index is 0.134. The number of ether oxygens (including phenoxy) is 2. The van der Waals surface area contributed by atoms with E-state index in [1.807, 2.05) is 6.92 Å². The van der Waals surface area contributed by atoms with E-state index in [9.17, 15) is 14.0 Å². The number of likely N-dealkylation sites (tertiary alicyclic amines) is 1. The molecule has 13 heteroatoms. The van der Waals surface area contributed by atoms with Crippen LogP contribution in [0.25, 0.3) is 11.3 Å². The summed E-state index contributed by atoms with van der Waals surface area (Å²) in [5.41, 5.74) is 11.6. The molecule has 1 amide bonds. The third-order valence-corrected chi connectivity index (χ3v) is 7.63. The monoisotopic (exact) mass is 579 g/mol. The fraction of sp³-hybridized carbons (Fsp3) is 0.448. The van der Waals surface area contributed by atoms with E-state index in [0.29, 0.717) is 42.4 Å². The summed E-state index contributed by atoms with van der Waals surface area (Å²) < 4.78 is 25.1. The van der Waals surface area contributed by atoms with Crippen LogP contribution in [0.1, 0.15) is 45.2 Å². The van der Waals surface area contributed by atoms with Crippen molar-refractivity contribution in [2.45, 2.75) is 57.8 Å². The lowest BCUT2D eigenvalue weighted by atomic mass is 9.82. The second kappa shape index (κ2) is 12.2. The largest absolute Gasteiger partial charge is 0.481 e. The van der Waals surface area contributed by atoms with Gasteiger partial charge in [0.2, 0.25) is 17.7 Å². The molecule has 3 aliphatic rings. The van der Waals surface area contributed by atoms with Gasteiger partial charge in [0, 0.05) is 37.6 Å². The smallest absolute Gasteiger partial charge is 0.302 e. The minimum atomic E-state index is -0.433. The number of aliphatic imine (C=N–C) groups is 3. The molecule has 1 aromatic heterocycles. The van der Waals surface area contributed by atoms with Gasteiger partial charge in [0.15, 0.2) is 0 Å². The molecule has 5 rings (SSSR count). The number of carbonyl (C=O) groups is 2. The molecule has 12 nitrogen and oxygen atoms in total. The molecule has 1 fully saturated rings. The summed E-state index contributed by atoms with van der Waals surface area (Å²) in [6.45, 7) is 5.12. The van der Waals surface area contributed by atoms with Crippen LogP contribution in [-0.2, 0) is 19.2 Å². The van der Waals surface area contributed by atoms with Gasteiger partial charge in [-0.1, -0.05) is 12.1 Å². The Kier molecular flexibility index (Phi) is 8.48. The van der Waals surface area contributed by atoms with E-state index in [1.165, 1.54) is 33.1 Å². The number of nitrogens with zero attached hydrogens (tertiary/aromatic N) is 5. The van der Waals surface area contributed by atoms with Crippen LogP contribution in [-0.4, -0.2) is 77.7 Å². The van der Waals surface area contributed by atoms with E-state index in [2.05, 4.69) is 20.4 Å². The maximum absolute atomic E-state index is 14.5. The van der Waals surface area contributed by atoms with Crippen molar-refractivity contribution in [3.05, 3.63) is 47.8 Å². The van der Waals surface area contributed by atoms with Crippen molar-refractivity contribution in [2.75, 3.05) is 20.3 Å². The van der Waals surface area contributed by atoms with Crippen molar-refractivity contribution in [2.24, 2.45) is 26.6 Å². The molecule has 222 valence electrons. The number of methoxy groups -OCH3 is 1. The molecule has 1 saturated heterocycles. The second-order valence-electron chi connectivity index (χ2n) is 10.6. The number of nitrogens with two attached hydrogens (primary N) is 1. The fourth-order valence-corrected chi connectivity index (χ4v) is 5.86. The number of pyridine rings is 1. The van der Waals surface area contributed by atoms with Gasteiger partial charge in [0.25, 0.3) is 0 Å². The number of nitrogens with one attached hydrogen (secondary N) is 1. The molecule has 42 heavy (non-hydrogen) atoms. The minimum Gasteiger partial charge on any atom is -0.481 e.